The van der Waals surface area contributed by atoms with Gasteiger partial charge in [-0.3, -0.25) is 9.36 Å². The molecule has 5 nitrogen and oxygen atoms in total. The minimum atomic E-state index is -0.111. The normalized spacial score (nSPS) is 12.4. The number of ether oxygens (including phenoxy) is 1. The number of aryl methyl sites for hydroxylation is 1. The second kappa shape index (κ2) is 9.12. The largest absolute Gasteiger partial charge is 0.383 e. The van der Waals surface area contributed by atoms with E-state index < -0.39 is 0 Å². The van der Waals surface area contributed by atoms with Crippen LogP contribution in [-0.2, 0) is 10.5 Å². The van der Waals surface area contributed by atoms with Crippen molar-refractivity contribution in [2.24, 2.45) is 0 Å². The molecule has 1 unspecified atom stereocenters. The van der Waals surface area contributed by atoms with Gasteiger partial charge in [-0.2, -0.15) is 0 Å². The van der Waals surface area contributed by atoms with E-state index >= 15 is 0 Å². The highest BCUT2D eigenvalue weighted by atomic mass is 32.2. The highest BCUT2D eigenvalue weighted by Gasteiger charge is 2.17. The van der Waals surface area contributed by atoms with Crippen molar-refractivity contribution in [3.05, 3.63) is 75.5 Å². The Balaban J connectivity index is 1.63. The molecule has 0 spiro atoms. The summed E-state index contributed by atoms with van der Waals surface area (Å²) < 4.78 is 7.04. The number of methoxy groups -OCH3 is 1. The lowest BCUT2D eigenvalue weighted by molar-refractivity contribution is 0.156. The number of benzene rings is 2. The fraction of sp³-hybridized carbons (Fsp3) is 0.261. The van der Waals surface area contributed by atoms with Crippen molar-refractivity contribution >= 4 is 34.0 Å². The molecule has 4 rings (SSSR count). The maximum atomic E-state index is 13.1. The SMILES string of the molecule is COCC(C)n1c(SCc2csc(-c3ccc(C)cc3)n2)nc2ccccc2c1=O. The van der Waals surface area contributed by atoms with Gasteiger partial charge in [-0.15, -0.1) is 11.3 Å². The van der Waals surface area contributed by atoms with Gasteiger partial charge in [-0.05, 0) is 26.0 Å². The van der Waals surface area contributed by atoms with Crippen molar-refractivity contribution in [2.75, 3.05) is 13.7 Å². The van der Waals surface area contributed by atoms with Crippen LogP contribution in [0.15, 0.2) is 63.9 Å². The summed E-state index contributed by atoms with van der Waals surface area (Å²) >= 11 is 3.17. The van der Waals surface area contributed by atoms with E-state index in [1.807, 2.05) is 31.2 Å². The third-order valence-electron chi connectivity index (χ3n) is 4.82. The third-order valence-corrected chi connectivity index (χ3v) is 6.75. The minimum absolute atomic E-state index is 0.0359. The van der Waals surface area contributed by atoms with Crippen LogP contribution in [0.3, 0.4) is 0 Å². The quantitative estimate of drug-likeness (QED) is 0.289. The number of nitrogens with zero attached hydrogens (tertiary/aromatic N) is 3. The fourth-order valence-corrected chi connectivity index (χ4v) is 5.19. The van der Waals surface area contributed by atoms with Crippen molar-refractivity contribution in [2.45, 2.75) is 30.8 Å². The molecule has 1 atom stereocenters. The molecule has 0 bridgehead atoms. The molecule has 30 heavy (non-hydrogen) atoms. The molecule has 0 N–H and O–H groups in total. The Bertz CT molecular complexity index is 1220. The van der Waals surface area contributed by atoms with Gasteiger partial charge in [-0.1, -0.05) is 53.7 Å². The molecular weight excluding hydrogens is 414 g/mol. The lowest BCUT2D eigenvalue weighted by Gasteiger charge is -2.18. The summed E-state index contributed by atoms with van der Waals surface area (Å²) in [7, 11) is 1.64. The summed E-state index contributed by atoms with van der Waals surface area (Å²) in [6, 6.07) is 15.8. The van der Waals surface area contributed by atoms with Crippen molar-refractivity contribution in [1.82, 2.24) is 14.5 Å². The van der Waals surface area contributed by atoms with Crippen LogP contribution in [0.1, 0.15) is 24.2 Å². The van der Waals surface area contributed by atoms with Crippen LogP contribution in [0.5, 0.6) is 0 Å². The van der Waals surface area contributed by atoms with Gasteiger partial charge in [0.15, 0.2) is 5.16 Å². The zero-order valence-electron chi connectivity index (χ0n) is 17.2. The highest BCUT2D eigenvalue weighted by Crippen LogP contribution is 2.28. The Kier molecular flexibility index (Phi) is 6.32. The Morgan fingerprint density at radius 2 is 1.90 bits per heavy atom. The molecule has 0 saturated carbocycles. The molecule has 7 heteroatoms. The summed E-state index contributed by atoms with van der Waals surface area (Å²) in [4.78, 5) is 22.7. The van der Waals surface area contributed by atoms with Gasteiger partial charge in [0.05, 0.1) is 29.2 Å². The first-order valence-corrected chi connectivity index (χ1v) is 11.6. The van der Waals surface area contributed by atoms with Crippen LogP contribution in [0.4, 0.5) is 0 Å². The summed E-state index contributed by atoms with van der Waals surface area (Å²) in [5.41, 5.74) is 4.01. The number of fused-ring (bicyclic) bond motifs is 1. The van der Waals surface area contributed by atoms with Crippen LogP contribution in [0.2, 0.25) is 0 Å². The second-order valence-electron chi connectivity index (χ2n) is 7.19. The molecule has 2 aromatic carbocycles. The summed E-state index contributed by atoms with van der Waals surface area (Å²) in [5.74, 6) is 0.646. The van der Waals surface area contributed by atoms with Crippen LogP contribution in [-0.4, -0.2) is 28.3 Å². The predicted octanol–water partition coefficient (Wildman–Crippen LogP) is 5.33. The second-order valence-corrected chi connectivity index (χ2v) is 8.99. The van der Waals surface area contributed by atoms with Crippen LogP contribution >= 0.6 is 23.1 Å². The van der Waals surface area contributed by atoms with Gasteiger partial charge < -0.3 is 4.74 Å². The maximum Gasteiger partial charge on any atom is 0.262 e. The molecule has 4 aromatic rings. The number of thioether (sulfide) groups is 1. The Hall–Kier alpha value is -2.48. The van der Waals surface area contributed by atoms with E-state index in [0.29, 0.717) is 28.4 Å². The maximum absolute atomic E-state index is 13.1. The number of para-hydroxylation sites is 1. The number of hydrogen-bond acceptors (Lipinski definition) is 6. The first-order valence-electron chi connectivity index (χ1n) is 9.71. The van der Waals surface area contributed by atoms with Crippen molar-refractivity contribution in [3.63, 3.8) is 0 Å². The summed E-state index contributed by atoms with van der Waals surface area (Å²) in [5, 5.41) is 4.39. The third kappa shape index (κ3) is 4.33. The standard InChI is InChI=1S/C23H23N3O2S2/c1-15-8-10-17(11-9-15)21-24-18(13-29-21)14-30-23-25-20-7-5-4-6-19(20)22(27)26(23)16(2)12-28-3/h4-11,13,16H,12,14H2,1-3H3. The zero-order valence-corrected chi connectivity index (χ0v) is 18.8. The van der Waals surface area contributed by atoms with E-state index in [4.69, 9.17) is 14.7 Å². The van der Waals surface area contributed by atoms with Gasteiger partial charge in [0.2, 0.25) is 0 Å². The Morgan fingerprint density at radius 1 is 1.13 bits per heavy atom. The molecule has 154 valence electrons. The molecular formula is C23H23N3O2S2. The number of rotatable bonds is 7. The first kappa shape index (κ1) is 20.8. The minimum Gasteiger partial charge on any atom is -0.383 e. The smallest absolute Gasteiger partial charge is 0.262 e. The van der Waals surface area contributed by atoms with Gasteiger partial charge in [-0.25, -0.2) is 9.97 Å². The molecule has 2 aromatic heterocycles. The monoisotopic (exact) mass is 437 g/mol. The first-order chi connectivity index (χ1) is 14.6. The molecule has 0 radical (unpaired) electrons. The van der Waals surface area contributed by atoms with Crippen molar-refractivity contribution in [1.29, 1.82) is 0 Å². The Labute approximate surface area is 183 Å². The van der Waals surface area contributed by atoms with Gasteiger partial charge in [0.25, 0.3) is 5.56 Å². The van der Waals surface area contributed by atoms with Crippen molar-refractivity contribution < 1.29 is 4.74 Å². The van der Waals surface area contributed by atoms with Gasteiger partial charge >= 0.3 is 0 Å². The lowest BCUT2D eigenvalue weighted by atomic mass is 10.2. The van der Waals surface area contributed by atoms with E-state index in [1.54, 1.807) is 23.0 Å². The molecule has 0 fully saturated rings. The van der Waals surface area contributed by atoms with Gasteiger partial charge in [0, 0.05) is 23.8 Å². The van der Waals surface area contributed by atoms with E-state index in [1.165, 1.54) is 17.3 Å². The Morgan fingerprint density at radius 3 is 2.67 bits per heavy atom. The number of hydrogen-bond donors (Lipinski definition) is 0. The topological polar surface area (TPSA) is 57.0 Å². The number of aromatic nitrogens is 3. The number of thiazole rings is 1. The average molecular weight is 438 g/mol. The molecule has 0 aliphatic heterocycles. The van der Waals surface area contributed by atoms with E-state index in [0.717, 1.165) is 16.3 Å². The summed E-state index contributed by atoms with van der Waals surface area (Å²) in [6.45, 7) is 4.50. The highest BCUT2D eigenvalue weighted by molar-refractivity contribution is 7.98. The molecule has 0 aliphatic carbocycles. The molecule has 0 aliphatic rings. The van der Waals surface area contributed by atoms with Gasteiger partial charge in [0.1, 0.15) is 5.01 Å². The summed E-state index contributed by atoms with van der Waals surface area (Å²) in [6.07, 6.45) is 0. The van der Waals surface area contributed by atoms with E-state index in [-0.39, 0.29) is 11.6 Å². The van der Waals surface area contributed by atoms with E-state index in [9.17, 15) is 4.79 Å². The lowest BCUT2D eigenvalue weighted by Crippen LogP contribution is -2.28. The van der Waals surface area contributed by atoms with Crippen LogP contribution in [0.25, 0.3) is 21.5 Å². The average Bonchev–Trinajstić information content (AvgIpc) is 3.22. The zero-order chi connectivity index (χ0) is 21.1. The molecule has 2 heterocycles. The van der Waals surface area contributed by atoms with Crippen LogP contribution in [0, 0.1) is 6.92 Å². The fourth-order valence-electron chi connectivity index (χ4n) is 3.27. The van der Waals surface area contributed by atoms with Crippen molar-refractivity contribution in [3.8, 4) is 10.6 Å². The molecule has 0 saturated heterocycles. The predicted molar refractivity (Wildman–Crippen MR) is 124 cm³/mol. The molecule has 0 amide bonds. The van der Waals surface area contributed by atoms with E-state index in [2.05, 4.69) is 36.6 Å². The van der Waals surface area contributed by atoms with Crippen LogP contribution < -0.4 is 5.56 Å².